The van der Waals surface area contributed by atoms with Gasteiger partial charge in [-0.2, -0.15) is 13.2 Å². The van der Waals surface area contributed by atoms with E-state index in [1.165, 1.54) is 25.3 Å². The average Bonchev–Trinajstić information content (AvgIpc) is 2.88. The topological polar surface area (TPSA) is 12.5 Å². The van der Waals surface area contributed by atoms with E-state index in [9.17, 15) is 17.6 Å². The first-order valence-electron chi connectivity index (χ1n) is 11.8. The van der Waals surface area contributed by atoms with Crippen LogP contribution >= 0.6 is 0 Å². The summed E-state index contributed by atoms with van der Waals surface area (Å²) in [6.07, 6.45) is 1.67. The van der Waals surface area contributed by atoms with Crippen molar-refractivity contribution in [3.05, 3.63) is 88.5 Å². The Morgan fingerprint density at radius 3 is 2.26 bits per heavy atom. The number of nitrogens with zero attached hydrogens (tertiary/aromatic N) is 1. The highest BCUT2D eigenvalue weighted by atomic mass is 19.4. The molecule has 0 atom stereocenters. The third-order valence-electron chi connectivity index (χ3n) is 6.47. The summed E-state index contributed by atoms with van der Waals surface area (Å²) < 4.78 is 61.7. The Labute approximate surface area is 203 Å². The maximum Gasteiger partial charge on any atom is 0.417 e. The number of hydrogen-bond acceptors (Lipinski definition) is 2. The molecular formula is C29H29F4NO. The minimum atomic E-state index is -4.53. The van der Waals surface area contributed by atoms with Crippen molar-refractivity contribution < 1.29 is 22.3 Å². The third kappa shape index (κ3) is 5.93. The van der Waals surface area contributed by atoms with Gasteiger partial charge in [-0.05, 0) is 65.9 Å². The number of ether oxygens (including phenoxy) is 1. The Bertz CT molecular complexity index is 1170. The van der Waals surface area contributed by atoms with Gasteiger partial charge >= 0.3 is 6.18 Å². The summed E-state index contributed by atoms with van der Waals surface area (Å²) in [5.74, 6) is 0.423. The van der Waals surface area contributed by atoms with Gasteiger partial charge in [0.05, 0.1) is 12.7 Å². The number of methoxy groups -OCH3 is 1. The molecule has 3 aromatic carbocycles. The van der Waals surface area contributed by atoms with E-state index < -0.39 is 18.4 Å². The van der Waals surface area contributed by atoms with Crippen LogP contribution in [-0.2, 0) is 19.4 Å². The molecule has 0 bridgehead atoms. The highest BCUT2D eigenvalue weighted by Crippen LogP contribution is 2.38. The minimum Gasteiger partial charge on any atom is -0.496 e. The fourth-order valence-corrected chi connectivity index (χ4v) is 4.67. The summed E-state index contributed by atoms with van der Waals surface area (Å²) in [7, 11) is 1.47. The summed E-state index contributed by atoms with van der Waals surface area (Å²) in [5.41, 5.74) is 2.36. The number of hydrogen-bond donors (Lipinski definition) is 0. The van der Waals surface area contributed by atoms with Crippen LogP contribution in [0.4, 0.5) is 17.6 Å². The highest BCUT2D eigenvalue weighted by Gasteiger charge is 2.34. The van der Waals surface area contributed by atoms with E-state index in [0.717, 1.165) is 43.5 Å². The van der Waals surface area contributed by atoms with E-state index >= 15 is 0 Å². The molecular weight excluding hydrogens is 454 g/mol. The maximum absolute atomic E-state index is 14.1. The van der Waals surface area contributed by atoms with E-state index in [4.69, 9.17) is 4.74 Å². The molecule has 1 saturated heterocycles. The van der Waals surface area contributed by atoms with Crippen LogP contribution < -0.4 is 4.74 Å². The van der Waals surface area contributed by atoms with Crippen molar-refractivity contribution in [2.45, 2.75) is 38.7 Å². The second-order valence-electron chi connectivity index (χ2n) is 8.79. The molecule has 184 valence electrons. The molecule has 4 rings (SSSR count). The first-order valence-corrected chi connectivity index (χ1v) is 11.8. The van der Waals surface area contributed by atoms with Crippen LogP contribution in [0, 0.1) is 0 Å². The molecule has 1 heterocycles. The van der Waals surface area contributed by atoms with Gasteiger partial charge in [-0.15, -0.1) is 0 Å². The lowest BCUT2D eigenvalue weighted by Gasteiger charge is -2.27. The van der Waals surface area contributed by atoms with Crippen molar-refractivity contribution >= 4 is 12.2 Å². The summed E-state index contributed by atoms with van der Waals surface area (Å²) in [6.45, 7) is 1.43. The van der Waals surface area contributed by atoms with Crippen molar-refractivity contribution in [2.24, 2.45) is 0 Å². The van der Waals surface area contributed by atoms with Crippen molar-refractivity contribution in [1.82, 2.24) is 4.90 Å². The van der Waals surface area contributed by atoms with Crippen LogP contribution in [0.2, 0.25) is 0 Å². The third-order valence-corrected chi connectivity index (χ3v) is 6.47. The van der Waals surface area contributed by atoms with Gasteiger partial charge in [0, 0.05) is 12.1 Å². The Morgan fingerprint density at radius 1 is 0.886 bits per heavy atom. The van der Waals surface area contributed by atoms with E-state index in [-0.39, 0.29) is 5.56 Å². The Morgan fingerprint density at radius 2 is 1.60 bits per heavy atom. The fraction of sp³-hybridized carbons (Fsp3) is 0.310. The Balaban J connectivity index is 1.72. The molecule has 0 saturated carbocycles. The van der Waals surface area contributed by atoms with Crippen molar-refractivity contribution in [1.29, 1.82) is 0 Å². The van der Waals surface area contributed by atoms with Gasteiger partial charge in [-0.1, -0.05) is 67.1 Å². The summed E-state index contributed by atoms with van der Waals surface area (Å²) in [5, 5.41) is 0. The molecule has 2 nitrogen and oxygen atoms in total. The molecule has 6 heteroatoms. The van der Waals surface area contributed by atoms with E-state index in [1.807, 2.05) is 36.4 Å². The number of piperidine rings is 1. The maximum atomic E-state index is 14.1. The number of benzene rings is 3. The predicted octanol–water partition coefficient (Wildman–Crippen LogP) is 8.01. The lowest BCUT2D eigenvalue weighted by Crippen LogP contribution is -2.29. The zero-order valence-electron chi connectivity index (χ0n) is 19.7. The second kappa shape index (κ2) is 11.1. The molecule has 0 amide bonds. The van der Waals surface area contributed by atoms with Crippen LogP contribution in [0.15, 0.2) is 60.7 Å². The van der Waals surface area contributed by atoms with Crippen LogP contribution in [0.1, 0.15) is 47.1 Å². The number of halogens is 4. The molecule has 1 aliphatic rings. The molecule has 0 aromatic heterocycles. The number of alkyl halides is 4. The molecule has 0 unspecified atom stereocenters. The van der Waals surface area contributed by atoms with Crippen LogP contribution in [0.5, 0.6) is 5.75 Å². The SMILES string of the molecule is COc1cc(/C=C/c2cccc(-c3ccccc3)c2CF)c(C(F)(F)F)cc1CN1CCCCC1. The molecule has 0 N–H and O–H groups in total. The average molecular weight is 484 g/mol. The van der Waals surface area contributed by atoms with E-state index in [0.29, 0.717) is 29.0 Å². The van der Waals surface area contributed by atoms with Gasteiger partial charge in [0.15, 0.2) is 0 Å². The minimum absolute atomic E-state index is 0.00772. The molecule has 1 aliphatic heterocycles. The largest absolute Gasteiger partial charge is 0.496 e. The quantitative estimate of drug-likeness (QED) is 0.249. The second-order valence-corrected chi connectivity index (χ2v) is 8.79. The van der Waals surface area contributed by atoms with Crippen LogP contribution in [0.3, 0.4) is 0 Å². The lowest BCUT2D eigenvalue weighted by molar-refractivity contribution is -0.137. The van der Waals surface area contributed by atoms with Gasteiger partial charge in [0.2, 0.25) is 0 Å². The molecule has 1 fully saturated rings. The molecule has 0 spiro atoms. The first kappa shape index (κ1) is 25.0. The number of rotatable bonds is 7. The van der Waals surface area contributed by atoms with Gasteiger partial charge in [0.25, 0.3) is 0 Å². The van der Waals surface area contributed by atoms with Gasteiger partial charge in [-0.25, -0.2) is 4.39 Å². The van der Waals surface area contributed by atoms with Crippen molar-refractivity contribution in [2.75, 3.05) is 20.2 Å². The fourth-order valence-electron chi connectivity index (χ4n) is 4.67. The highest BCUT2D eigenvalue weighted by molar-refractivity contribution is 5.78. The van der Waals surface area contributed by atoms with E-state index in [2.05, 4.69) is 4.90 Å². The first-order chi connectivity index (χ1) is 16.9. The van der Waals surface area contributed by atoms with Crippen LogP contribution in [0.25, 0.3) is 23.3 Å². The number of likely N-dealkylation sites (tertiary alicyclic amines) is 1. The molecule has 35 heavy (non-hydrogen) atoms. The van der Waals surface area contributed by atoms with Gasteiger partial charge in [0.1, 0.15) is 12.4 Å². The van der Waals surface area contributed by atoms with Crippen LogP contribution in [-0.4, -0.2) is 25.1 Å². The predicted molar refractivity (Wildman–Crippen MR) is 133 cm³/mol. The lowest BCUT2D eigenvalue weighted by atomic mass is 9.95. The van der Waals surface area contributed by atoms with E-state index in [1.54, 1.807) is 18.2 Å². The van der Waals surface area contributed by atoms with Crippen molar-refractivity contribution in [3.63, 3.8) is 0 Å². The Hall–Kier alpha value is -3.12. The smallest absolute Gasteiger partial charge is 0.417 e. The molecule has 3 aromatic rings. The van der Waals surface area contributed by atoms with Gasteiger partial charge < -0.3 is 4.74 Å². The standard InChI is InChI=1S/C29H29F4NO/c1-35-28-18-23(27(29(31,32)33)17-24(28)20-34-15-6-3-7-16-34)14-13-22-11-8-12-25(26(22)19-30)21-9-4-2-5-10-21/h2,4-5,8-14,17-18H,3,6-7,15-16,19-20H2,1H3/b14-13+. The normalized spacial score (nSPS) is 15.0. The molecule has 0 radical (unpaired) electrons. The zero-order valence-corrected chi connectivity index (χ0v) is 19.7. The summed E-state index contributed by atoms with van der Waals surface area (Å²) in [4.78, 5) is 2.17. The monoisotopic (exact) mass is 483 g/mol. The zero-order chi connectivity index (χ0) is 24.8. The van der Waals surface area contributed by atoms with Crippen molar-refractivity contribution in [3.8, 4) is 16.9 Å². The Kier molecular flexibility index (Phi) is 7.91. The summed E-state index contributed by atoms with van der Waals surface area (Å²) >= 11 is 0. The molecule has 0 aliphatic carbocycles. The summed E-state index contributed by atoms with van der Waals surface area (Å²) in [6, 6.07) is 17.3. The van der Waals surface area contributed by atoms with Gasteiger partial charge in [-0.3, -0.25) is 4.90 Å².